The molecule has 2 fully saturated rings. The third kappa shape index (κ3) is 4.32. The number of piperidine rings is 1. The van der Waals surface area contributed by atoms with Crippen LogP contribution in [-0.4, -0.2) is 42.4 Å². The number of hydrogen-bond acceptors (Lipinski definition) is 4. The highest BCUT2D eigenvalue weighted by Gasteiger charge is 2.34. The summed E-state index contributed by atoms with van der Waals surface area (Å²) in [5, 5.41) is 12.2. The molecule has 0 spiro atoms. The van der Waals surface area contributed by atoms with Crippen LogP contribution in [0.15, 0.2) is 42.5 Å². The molecule has 0 radical (unpaired) electrons. The fourth-order valence-electron chi connectivity index (χ4n) is 5.71. The van der Waals surface area contributed by atoms with E-state index in [1.54, 1.807) is 24.3 Å². The van der Waals surface area contributed by atoms with Crippen LogP contribution in [0.25, 0.3) is 0 Å². The summed E-state index contributed by atoms with van der Waals surface area (Å²) in [4.78, 5) is 30.2. The molecule has 2 heterocycles. The van der Waals surface area contributed by atoms with Gasteiger partial charge in [0, 0.05) is 54.1 Å². The number of anilines is 2. The Morgan fingerprint density at radius 3 is 2.48 bits per heavy atom. The fraction of sp³-hybridized carbons (Fsp3) is 0.444. The molecule has 1 N–H and O–H groups in total. The van der Waals surface area contributed by atoms with E-state index in [2.05, 4.69) is 27.3 Å². The van der Waals surface area contributed by atoms with Gasteiger partial charge in [-0.05, 0) is 62.4 Å². The number of fused-ring (bicyclic) bond motifs is 1. The van der Waals surface area contributed by atoms with Crippen molar-refractivity contribution in [3.05, 3.63) is 59.2 Å². The first kappa shape index (κ1) is 21.5. The van der Waals surface area contributed by atoms with Crippen molar-refractivity contribution in [2.24, 2.45) is 5.92 Å². The van der Waals surface area contributed by atoms with Gasteiger partial charge in [-0.15, -0.1) is 0 Å². The van der Waals surface area contributed by atoms with Crippen LogP contribution < -0.4 is 10.2 Å². The van der Waals surface area contributed by atoms with Crippen LogP contribution in [0.1, 0.15) is 60.0 Å². The Hall–Kier alpha value is -3.33. The minimum atomic E-state index is -0.197. The molecule has 1 aliphatic carbocycles. The van der Waals surface area contributed by atoms with Gasteiger partial charge in [0.15, 0.2) is 0 Å². The van der Waals surface area contributed by atoms with Gasteiger partial charge in [0.25, 0.3) is 5.91 Å². The summed E-state index contributed by atoms with van der Waals surface area (Å²) >= 11 is 0. The SMILES string of the molecule is N#Cc1cccc(C(=O)Nc2cccc3c2CCN3C2CCN(C(=O)C3CCCC3)CC2)c1. The summed E-state index contributed by atoms with van der Waals surface area (Å²) < 4.78 is 0. The van der Waals surface area contributed by atoms with Crippen molar-refractivity contribution in [3.8, 4) is 6.07 Å². The van der Waals surface area contributed by atoms with Crippen LogP contribution in [0.4, 0.5) is 11.4 Å². The summed E-state index contributed by atoms with van der Waals surface area (Å²) in [5.74, 6) is 0.435. The number of rotatable bonds is 4. The maximum atomic E-state index is 12.8. The maximum Gasteiger partial charge on any atom is 0.255 e. The van der Waals surface area contributed by atoms with Gasteiger partial charge in [-0.1, -0.05) is 25.0 Å². The van der Waals surface area contributed by atoms with Crippen molar-refractivity contribution in [1.29, 1.82) is 5.26 Å². The lowest BCUT2D eigenvalue weighted by Gasteiger charge is -2.39. The van der Waals surface area contributed by atoms with Gasteiger partial charge < -0.3 is 15.1 Å². The number of nitrogens with zero attached hydrogens (tertiary/aromatic N) is 3. The van der Waals surface area contributed by atoms with Gasteiger partial charge in [-0.2, -0.15) is 5.26 Å². The van der Waals surface area contributed by atoms with E-state index in [0.717, 1.165) is 57.4 Å². The molecule has 2 aromatic carbocycles. The predicted molar refractivity (Wildman–Crippen MR) is 128 cm³/mol. The van der Waals surface area contributed by atoms with Crippen molar-refractivity contribution in [3.63, 3.8) is 0 Å². The van der Waals surface area contributed by atoms with Crippen LogP contribution in [0, 0.1) is 17.2 Å². The number of nitrogens with one attached hydrogen (secondary N) is 1. The molecule has 5 rings (SSSR count). The van der Waals surface area contributed by atoms with E-state index in [1.165, 1.54) is 24.1 Å². The lowest BCUT2D eigenvalue weighted by Crippen LogP contribution is -2.47. The standard InChI is InChI=1S/C27H30N4O2/c28-18-19-5-3-8-21(17-19)26(32)29-24-9-4-10-25-23(24)13-16-31(25)22-11-14-30(15-12-22)27(33)20-6-1-2-7-20/h3-5,8-10,17,20,22H,1-2,6-7,11-16H2,(H,29,32). The molecule has 0 aromatic heterocycles. The molecule has 6 heteroatoms. The zero-order valence-corrected chi connectivity index (χ0v) is 18.9. The monoisotopic (exact) mass is 442 g/mol. The quantitative estimate of drug-likeness (QED) is 0.764. The number of likely N-dealkylation sites (tertiary alicyclic amines) is 1. The summed E-state index contributed by atoms with van der Waals surface area (Å²) in [7, 11) is 0. The minimum Gasteiger partial charge on any atom is -0.368 e. The second-order valence-electron chi connectivity index (χ2n) is 9.43. The number of carbonyl (C=O) groups excluding carboxylic acids is 2. The minimum absolute atomic E-state index is 0.197. The number of benzene rings is 2. The van der Waals surface area contributed by atoms with Crippen molar-refractivity contribution in [2.45, 2.75) is 51.0 Å². The van der Waals surface area contributed by atoms with Crippen LogP contribution in [-0.2, 0) is 11.2 Å². The van der Waals surface area contributed by atoms with Crippen molar-refractivity contribution >= 4 is 23.2 Å². The average molecular weight is 443 g/mol. The van der Waals surface area contributed by atoms with Gasteiger partial charge in [0.2, 0.25) is 5.91 Å². The normalized spacial score (nSPS) is 18.8. The first-order chi connectivity index (χ1) is 16.1. The fourth-order valence-corrected chi connectivity index (χ4v) is 5.71. The van der Waals surface area contributed by atoms with Gasteiger partial charge in [-0.25, -0.2) is 0 Å². The third-order valence-corrected chi connectivity index (χ3v) is 7.49. The lowest BCUT2D eigenvalue weighted by molar-refractivity contribution is -0.136. The number of nitriles is 1. The van der Waals surface area contributed by atoms with E-state index in [-0.39, 0.29) is 11.8 Å². The number of amides is 2. The second kappa shape index (κ2) is 9.27. The van der Waals surface area contributed by atoms with Crippen LogP contribution in [0.5, 0.6) is 0 Å². The van der Waals surface area contributed by atoms with E-state index in [0.29, 0.717) is 23.1 Å². The molecule has 1 saturated carbocycles. The van der Waals surface area contributed by atoms with Crippen LogP contribution in [0.3, 0.4) is 0 Å². The highest BCUT2D eigenvalue weighted by molar-refractivity contribution is 6.05. The topological polar surface area (TPSA) is 76.4 Å². The van der Waals surface area contributed by atoms with Crippen LogP contribution >= 0.6 is 0 Å². The van der Waals surface area contributed by atoms with E-state index in [4.69, 9.17) is 5.26 Å². The molecular weight excluding hydrogens is 412 g/mol. The Bertz CT molecular complexity index is 1090. The Balaban J connectivity index is 1.25. The highest BCUT2D eigenvalue weighted by atomic mass is 16.2. The summed E-state index contributed by atoms with van der Waals surface area (Å²) in [6.45, 7) is 2.63. The van der Waals surface area contributed by atoms with Gasteiger partial charge in [-0.3, -0.25) is 9.59 Å². The molecule has 0 atom stereocenters. The van der Waals surface area contributed by atoms with E-state index in [1.807, 2.05) is 12.1 Å². The van der Waals surface area contributed by atoms with Gasteiger partial charge >= 0.3 is 0 Å². The van der Waals surface area contributed by atoms with Crippen molar-refractivity contribution in [2.75, 3.05) is 29.9 Å². The Morgan fingerprint density at radius 1 is 0.970 bits per heavy atom. The first-order valence-corrected chi connectivity index (χ1v) is 12.1. The van der Waals surface area contributed by atoms with E-state index >= 15 is 0 Å². The molecule has 33 heavy (non-hydrogen) atoms. The number of carbonyl (C=O) groups is 2. The molecular formula is C27H30N4O2. The summed E-state index contributed by atoms with van der Waals surface area (Å²) in [6.07, 6.45) is 7.40. The molecule has 6 nitrogen and oxygen atoms in total. The zero-order valence-electron chi connectivity index (χ0n) is 18.9. The Kier molecular flexibility index (Phi) is 6.04. The van der Waals surface area contributed by atoms with E-state index < -0.39 is 0 Å². The molecule has 2 amide bonds. The zero-order chi connectivity index (χ0) is 22.8. The van der Waals surface area contributed by atoms with E-state index in [9.17, 15) is 9.59 Å². The molecule has 3 aliphatic rings. The molecule has 2 aliphatic heterocycles. The third-order valence-electron chi connectivity index (χ3n) is 7.49. The molecule has 0 bridgehead atoms. The van der Waals surface area contributed by atoms with Crippen molar-refractivity contribution in [1.82, 2.24) is 4.90 Å². The summed E-state index contributed by atoms with van der Waals surface area (Å²) in [5.41, 5.74) is 4.17. The van der Waals surface area contributed by atoms with Crippen molar-refractivity contribution < 1.29 is 9.59 Å². The predicted octanol–water partition coefficient (Wildman–Crippen LogP) is 4.35. The average Bonchev–Trinajstić information content (AvgIpc) is 3.55. The smallest absolute Gasteiger partial charge is 0.255 e. The summed E-state index contributed by atoms with van der Waals surface area (Å²) in [6, 6.07) is 15.4. The molecule has 2 aromatic rings. The molecule has 0 unspecified atom stereocenters. The number of hydrogen-bond donors (Lipinski definition) is 1. The highest BCUT2D eigenvalue weighted by Crippen LogP contribution is 2.37. The Morgan fingerprint density at radius 2 is 1.73 bits per heavy atom. The first-order valence-electron chi connectivity index (χ1n) is 12.1. The molecule has 170 valence electrons. The second-order valence-corrected chi connectivity index (χ2v) is 9.43. The van der Waals surface area contributed by atoms with Gasteiger partial charge in [0.1, 0.15) is 0 Å². The largest absolute Gasteiger partial charge is 0.368 e. The lowest BCUT2D eigenvalue weighted by atomic mass is 9.99. The molecule has 1 saturated heterocycles. The van der Waals surface area contributed by atoms with Gasteiger partial charge in [0.05, 0.1) is 11.6 Å². The Labute approximate surface area is 195 Å². The van der Waals surface area contributed by atoms with Crippen LogP contribution in [0.2, 0.25) is 0 Å². The maximum absolute atomic E-state index is 12.8.